The van der Waals surface area contributed by atoms with E-state index in [1.54, 1.807) is 0 Å². The summed E-state index contributed by atoms with van der Waals surface area (Å²) in [6.07, 6.45) is 2.87. The Bertz CT molecular complexity index is 182. The van der Waals surface area contributed by atoms with Crippen molar-refractivity contribution in [3.63, 3.8) is 0 Å². The highest BCUT2D eigenvalue weighted by Gasteiger charge is 2.21. The van der Waals surface area contributed by atoms with Gasteiger partial charge >= 0.3 is 0 Å². The lowest BCUT2D eigenvalue weighted by atomic mass is 10.2. The third-order valence-corrected chi connectivity index (χ3v) is 4.03. The molecule has 0 bridgehead atoms. The fraction of sp³-hybridized carbons (Fsp3) is 1.00. The van der Waals surface area contributed by atoms with Gasteiger partial charge in [-0.2, -0.15) is 0 Å². The fourth-order valence-corrected chi connectivity index (χ4v) is 3.06. The van der Waals surface area contributed by atoms with Gasteiger partial charge in [-0.1, -0.05) is 0 Å². The highest BCUT2D eigenvalue weighted by Crippen LogP contribution is 2.14. The molecule has 3 nitrogen and oxygen atoms in total. The van der Waals surface area contributed by atoms with Crippen LogP contribution in [0.5, 0.6) is 0 Å². The summed E-state index contributed by atoms with van der Waals surface area (Å²) in [6, 6.07) is 0. The van der Waals surface area contributed by atoms with Crippen molar-refractivity contribution >= 4 is 10.8 Å². The molecule has 0 amide bonds. The number of hydrogen-bond donors (Lipinski definition) is 0. The van der Waals surface area contributed by atoms with Crippen LogP contribution in [0.15, 0.2) is 0 Å². The van der Waals surface area contributed by atoms with Gasteiger partial charge in [-0.3, -0.25) is 9.11 Å². The molecule has 0 aromatic rings. The van der Waals surface area contributed by atoms with Crippen LogP contribution < -0.4 is 0 Å². The number of ether oxygens (including phenoxy) is 1. The molecule has 1 atom stereocenters. The Morgan fingerprint density at radius 2 is 2.15 bits per heavy atom. The molecule has 0 radical (unpaired) electrons. The van der Waals surface area contributed by atoms with E-state index in [9.17, 15) is 4.21 Å². The van der Waals surface area contributed by atoms with Crippen molar-refractivity contribution < 1.29 is 8.95 Å². The molecule has 0 aromatic heterocycles. The summed E-state index contributed by atoms with van der Waals surface area (Å²) >= 11 is 0. The van der Waals surface area contributed by atoms with E-state index in [4.69, 9.17) is 4.74 Å². The predicted molar refractivity (Wildman–Crippen MR) is 53.3 cm³/mol. The Morgan fingerprint density at radius 3 is 2.77 bits per heavy atom. The van der Waals surface area contributed by atoms with Crippen LogP contribution in [0.1, 0.15) is 12.8 Å². The highest BCUT2D eigenvalue weighted by atomic mass is 32.2. The smallest absolute Gasteiger partial charge is 0.0702 e. The zero-order chi connectivity index (χ0) is 9.10. The lowest BCUT2D eigenvalue weighted by Gasteiger charge is -2.28. The second-order valence-electron chi connectivity index (χ2n) is 3.78. The SMILES string of the molecule is O=S1CCN(C[C@H]2CCCO2)CC1. The molecule has 0 spiro atoms. The lowest BCUT2D eigenvalue weighted by molar-refractivity contribution is 0.0762. The summed E-state index contributed by atoms with van der Waals surface area (Å²) in [5, 5.41) is 0. The highest BCUT2D eigenvalue weighted by molar-refractivity contribution is 7.85. The molecule has 0 aliphatic carbocycles. The van der Waals surface area contributed by atoms with Crippen LogP contribution in [-0.4, -0.2) is 53.0 Å². The van der Waals surface area contributed by atoms with Crippen LogP contribution in [0.25, 0.3) is 0 Å². The maximum atomic E-state index is 11.1. The minimum Gasteiger partial charge on any atom is -0.377 e. The molecule has 0 unspecified atom stereocenters. The average Bonchev–Trinajstić information content (AvgIpc) is 2.62. The standard InChI is InChI=1S/C9H17NO2S/c11-13-6-3-10(4-7-13)8-9-2-1-5-12-9/h9H,1-8H2/t9-/m1/s1. The zero-order valence-electron chi connectivity index (χ0n) is 7.91. The van der Waals surface area contributed by atoms with E-state index in [2.05, 4.69) is 4.90 Å². The van der Waals surface area contributed by atoms with E-state index in [0.29, 0.717) is 6.10 Å². The van der Waals surface area contributed by atoms with Crippen molar-refractivity contribution in [1.29, 1.82) is 0 Å². The largest absolute Gasteiger partial charge is 0.377 e. The Labute approximate surface area is 81.9 Å². The summed E-state index contributed by atoms with van der Waals surface area (Å²) in [6.45, 7) is 3.97. The summed E-state index contributed by atoms with van der Waals surface area (Å²) in [5.41, 5.74) is 0. The van der Waals surface area contributed by atoms with Gasteiger partial charge in [0, 0.05) is 48.5 Å². The van der Waals surface area contributed by atoms with Crippen molar-refractivity contribution in [2.24, 2.45) is 0 Å². The minimum atomic E-state index is -0.546. The minimum absolute atomic E-state index is 0.450. The molecule has 0 saturated carbocycles. The molecule has 2 aliphatic rings. The molecule has 76 valence electrons. The third-order valence-electron chi connectivity index (χ3n) is 2.76. The van der Waals surface area contributed by atoms with Gasteiger partial charge in [-0.15, -0.1) is 0 Å². The molecule has 13 heavy (non-hydrogen) atoms. The van der Waals surface area contributed by atoms with Crippen molar-refractivity contribution in [2.45, 2.75) is 18.9 Å². The second kappa shape index (κ2) is 4.53. The fourth-order valence-electron chi connectivity index (χ4n) is 1.93. The van der Waals surface area contributed by atoms with E-state index in [1.807, 2.05) is 0 Å². The number of nitrogens with zero attached hydrogens (tertiary/aromatic N) is 1. The molecule has 4 heteroatoms. The molecule has 0 aromatic carbocycles. The average molecular weight is 203 g/mol. The molecule has 2 rings (SSSR count). The van der Waals surface area contributed by atoms with Crippen LogP contribution in [-0.2, 0) is 15.5 Å². The second-order valence-corrected chi connectivity index (χ2v) is 5.48. The molecule has 2 heterocycles. The quantitative estimate of drug-likeness (QED) is 0.643. The van der Waals surface area contributed by atoms with Gasteiger partial charge < -0.3 is 4.74 Å². The van der Waals surface area contributed by atoms with Crippen molar-refractivity contribution in [3.8, 4) is 0 Å². The van der Waals surface area contributed by atoms with E-state index in [-0.39, 0.29) is 0 Å². The predicted octanol–water partition coefficient (Wildman–Crippen LogP) is 0.230. The van der Waals surface area contributed by atoms with Gasteiger partial charge in [0.2, 0.25) is 0 Å². The molecule has 2 aliphatic heterocycles. The maximum absolute atomic E-state index is 11.1. The number of rotatable bonds is 2. The van der Waals surface area contributed by atoms with Crippen molar-refractivity contribution in [1.82, 2.24) is 4.90 Å². The first-order valence-corrected chi connectivity index (χ1v) is 6.52. The Hall–Kier alpha value is 0.0700. The normalized spacial score (nSPS) is 32.5. The van der Waals surface area contributed by atoms with Crippen LogP contribution in [0.3, 0.4) is 0 Å². The van der Waals surface area contributed by atoms with E-state index in [0.717, 1.165) is 37.7 Å². The monoisotopic (exact) mass is 203 g/mol. The third kappa shape index (κ3) is 2.76. The summed E-state index contributed by atoms with van der Waals surface area (Å²) in [4.78, 5) is 2.39. The first kappa shape index (κ1) is 9.62. The molecular formula is C9H17NO2S. The van der Waals surface area contributed by atoms with Crippen molar-refractivity contribution in [2.75, 3.05) is 37.7 Å². The van der Waals surface area contributed by atoms with Gasteiger partial charge in [0.15, 0.2) is 0 Å². The summed E-state index contributed by atoms with van der Waals surface area (Å²) in [5.74, 6) is 1.71. The van der Waals surface area contributed by atoms with Gasteiger partial charge in [-0.05, 0) is 12.8 Å². The lowest BCUT2D eigenvalue weighted by Crippen LogP contribution is -2.41. The van der Waals surface area contributed by atoms with E-state index >= 15 is 0 Å². The van der Waals surface area contributed by atoms with Gasteiger partial charge in [0.1, 0.15) is 0 Å². The van der Waals surface area contributed by atoms with Crippen LogP contribution >= 0.6 is 0 Å². The topological polar surface area (TPSA) is 29.5 Å². The summed E-state index contributed by atoms with van der Waals surface area (Å²) < 4.78 is 16.7. The molecule has 2 fully saturated rings. The van der Waals surface area contributed by atoms with Gasteiger partial charge in [-0.25, -0.2) is 0 Å². The Balaban J connectivity index is 1.72. The van der Waals surface area contributed by atoms with Crippen molar-refractivity contribution in [3.05, 3.63) is 0 Å². The number of hydrogen-bond acceptors (Lipinski definition) is 3. The van der Waals surface area contributed by atoms with E-state index in [1.165, 1.54) is 12.8 Å². The maximum Gasteiger partial charge on any atom is 0.0702 e. The zero-order valence-corrected chi connectivity index (χ0v) is 8.72. The van der Waals surface area contributed by atoms with Crippen LogP contribution in [0, 0.1) is 0 Å². The molecule has 2 saturated heterocycles. The van der Waals surface area contributed by atoms with Crippen LogP contribution in [0.2, 0.25) is 0 Å². The van der Waals surface area contributed by atoms with Crippen LogP contribution in [0.4, 0.5) is 0 Å². The first-order chi connectivity index (χ1) is 6.34. The molecular weight excluding hydrogens is 186 g/mol. The van der Waals surface area contributed by atoms with Gasteiger partial charge in [0.25, 0.3) is 0 Å². The van der Waals surface area contributed by atoms with Gasteiger partial charge in [0.05, 0.1) is 6.10 Å². The summed E-state index contributed by atoms with van der Waals surface area (Å²) in [7, 11) is -0.546. The molecule has 0 N–H and O–H groups in total. The Morgan fingerprint density at radius 1 is 1.38 bits per heavy atom. The first-order valence-electron chi connectivity index (χ1n) is 5.03. The Kier molecular flexibility index (Phi) is 3.35. The van der Waals surface area contributed by atoms with E-state index < -0.39 is 10.8 Å².